The van der Waals surface area contributed by atoms with Gasteiger partial charge in [-0.1, -0.05) is 0 Å². The molecule has 18 heavy (non-hydrogen) atoms. The molecule has 0 unspecified atom stereocenters. The molecule has 0 aliphatic carbocycles. The number of nitrogens with zero attached hydrogens (tertiary/aromatic N) is 3. The van der Waals surface area contributed by atoms with Crippen molar-refractivity contribution in [2.75, 3.05) is 27.2 Å². The number of piperidine rings is 1. The standard InChI is InChI=1S/C12H16ClN3O2/c1-16-7-4-12(5-8-16,10(17)18-2)9-3-6-14-11(13)15-9/h3,6H,4-5,7-8H2,1-2H3. The first kappa shape index (κ1) is 13.2. The fraction of sp³-hybridized carbons (Fsp3) is 0.583. The average molecular weight is 270 g/mol. The summed E-state index contributed by atoms with van der Waals surface area (Å²) in [7, 11) is 3.44. The highest BCUT2D eigenvalue weighted by Crippen LogP contribution is 2.35. The molecule has 0 aromatic carbocycles. The molecule has 1 aromatic rings. The van der Waals surface area contributed by atoms with E-state index in [1.165, 1.54) is 7.11 Å². The van der Waals surface area contributed by atoms with E-state index in [0.29, 0.717) is 18.5 Å². The lowest BCUT2D eigenvalue weighted by atomic mass is 9.75. The smallest absolute Gasteiger partial charge is 0.318 e. The number of carbonyl (C=O) groups is 1. The van der Waals surface area contributed by atoms with Crippen LogP contribution in [0, 0.1) is 0 Å². The van der Waals surface area contributed by atoms with E-state index in [0.717, 1.165) is 13.1 Å². The Kier molecular flexibility index (Phi) is 3.82. The van der Waals surface area contributed by atoms with Crippen LogP contribution in [0.5, 0.6) is 0 Å². The maximum atomic E-state index is 12.2. The SMILES string of the molecule is COC(=O)C1(c2ccnc(Cl)n2)CCN(C)CC1. The fourth-order valence-electron chi connectivity index (χ4n) is 2.36. The van der Waals surface area contributed by atoms with E-state index in [4.69, 9.17) is 16.3 Å². The molecule has 1 fully saturated rings. The molecule has 2 heterocycles. The maximum absolute atomic E-state index is 12.2. The quantitative estimate of drug-likeness (QED) is 0.598. The van der Waals surface area contributed by atoms with Crippen LogP contribution < -0.4 is 0 Å². The van der Waals surface area contributed by atoms with Gasteiger partial charge >= 0.3 is 5.97 Å². The predicted molar refractivity (Wildman–Crippen MR) is 67.5 cm³/mol. The number of aromatic nitrogens is 2. The van der Waals surface area contributed by atoms with Crippen molar-refractivity contribution < 1.29 is 9.53 Å². The monoisotopic (exact) mass is 269 g/mol. The Morgan fingerprint density at radius 2 is 2.17 bits per heavy atom. The molecule has 0 atom stereocenters. The summed E-state index contributed by atoms with van der Waals surface area (Å²) in [6.07, 6.45) is 2.95. The molecule has 2 rings (SSSR count). The number of hydrogen-bond donors (Lipinski definition) is 0. The summed E-state index contributed by atoms with van der Waals surface area (Å²) in [5, 5.41) is 0.162. The van der Waals surface area contributed by atoms with Crippen LogP contribution in [0.2, 0.25) is 5.28 Å². The molecule has 0 bridgehead atoms. The zero-order chi connectivity index (χ0) is 13.2. The van der Waals surface area contributed by atoms with Gasteiger partial charge in [-0.3, -0.25) is 4.79 Å². The third-order valence-corrected chi connectivity index (χ3v) is 3.72. The number of halogens is 1. The summed E-state index contributed by atoms with van der Waals surface area (Å²) in [5.41, 5.74) is -0.0316. The zero-order valence-electron chi connectivity index (χ0n) is 10.5. The van der Waals surface area contributed by atoms with Crippen LogP contribution >= 0.6 is 11.6 Å². The minimum absolute atomic E-state index is 0.162. The fourth-order valence-corrected chi connectivity index (χ4v) is 2.51. The normalized spacial score (nSPS) is 19.5. The van der Waals surface area contributed by atoms with Crippen molar-refractivity contribution in [3.63, 3.8) is 0 Å². The lowest BCUT2D eigenvalue weighted by molar-refractivity contribution is -0.149. The summed E-state index contributed by atoms with van der Waals surface area (Å²) in [6, 6.07) is 1.74. The summed E-state index contributed by atoms with van der Waals surface area (Å²) >= 11 is 5.82. The summed E-state index contributed by atoms with van der Waals surface area (Å²) in [6.45, 7) is 1.66. The van der Waals surface area contributed by atoms with E-state index in [-0.39, 0.29) is 11.3 Å². The highest BCUT2D eigenvalue weighted by atomic mass is 35.5. The van der Waals surface area contributed by atoms with Crippen molar-refractivity contribution in [3.8, 4) is 0 Å². The molecule has 0 radical (unpaired) electrons. The molecule has 0 saturated carbocycles. The van der Waals surface area contributed by atoms with E-state index in [2.05, 4.69) is 14.9 Å². The maximum Gasteiger partial charge on any atom is 0.318 e. The topological polar surface area (TPSA) is 55.3 Å². The highest BCUT2D eigenvalue weighted by molar-refractivity contribution is 6.28. The van der Waals surface area contributed by atoms with Gasteiger partial charge in [-0.05, 0) is 50.6 Å². The number of likely N-dealkylation sites (tertiary alicyclic amines) is 1. The second-order valence-corrected chi connectivity index (χ2v) is 4.93. The molecule has 0 amide bonds. The molecule has 1 aliphatic heterocycles. The number of methoxy groups -OCH3 is 1. The number of esters is 1. The molecule has 5 nitrogen and oxygen atoms in total. The van der Waals surface area contributed by atoms with Crippen LogP contribution in [0.3, 0.4) is 0 Å². The molecule has 1 saturated heterocycles. The third kappa shape index (κ3) is 2.33. The van der Waals surface area contributed by atoms with Crippen LogP contribution in [-0.2, 0) is 14.9 Å². The highest BCUT2D eigenvalue weighted by Gasteiger charge is 2.44. The molecule has 0 N–H and O–H groups in total. The number of rotatable bonds is 2. The van der Waals surface area contributed by atoms with Crippen LogP contribution in [0.1, 0.15) is 18.5 Å². The second kappa shape index (κ2) is 5.20. The Morgan fingerprint density at radius 1 is 1.50 bits per heavy atom. The van der Waals surface area contributed by atoms with E-state index >= 15 is 0 Å². The number of hydrogen-bond acceptors (Lipinski definition) is 5. The van der Waals surface area contributed by atoms with Gasteiger partial charge in [-0.15, -0.1) is 0 Å². The van der Waals surface area contributed by atoms with Gasteiger partial charge in [-0.2, -0.15) is 0 Å². The van der Waals surface area contributed by atoms with Crippen LogP contribution in [0.4, 0.5) is 0 Å². The van der Waals surface area contributed by atoms with Crippen molar-refractivity contribution in [3.05, 3.63) is 23.2 Å². The minimum Gasteiger partial charge on any atom is -0.468 e. The molecule has 1 aliphatic rings. The molecule has 98 valence electrons. The summed E-state index contributed by atoms with van der Waals surface area (Å²) in [5.74, 6) is -0.245. The van der Waals surface area contributed by atoms with Gasteiger partial charge in [-0.25, -0.2) is 9.97 Å². The van der Waals surface area contributed by atoms with Gasteiger partial charge in [0.2, 0.25) is 5.28 Å². The largest absolute Gasteiger partial charge is 0.468 e. The first-order chi connectivity index (χ1) is 8.58. The van der Waals surface area contributed by atoms with Crippen LogP contribution in [0.15, 0.2) is 12.3 Å². The first-order valence-corrected chi connectivity index (χ1v) is 6.22. The summed E-state index contributed by atoms with van der Waals surface area (Å²) < 4.78 is 4.96. The molecular formula is C12H16ClN3O2. The number of ether oxygens (including phenoxy) is 1. The first-order valence-electron chi connectivity index (χ1n) is 5.84. The Bertz CT molecular complexity index is 445. The molecule has 6 heteroatoms. The molecule has 0 spiro atoms. The van der Waals surface area contributed by atoms with E-state index in [1.807, 2.05) is 7.05 Å². The van der Waals surface area contributed by atoms with Gasteiger partial charge in [0.1, 0.15) is 5.41 Å². The summed E-state index contributed by atoms with van der Waals surface area (Å²) in [4.78, 5) is 22.4. The van der Waals surface area contributed by atoms with Crippen LogP contribution in [0.25, 0.3) is 0 Å². The minimum atomic E-state index is -0.687. The van der Waals surface area contributed by atoms with Gasteiger partial charge < -0.3 is 9.64 Å². The Balaban J connectivity index is 2.39. The Labute approximate surface area is 111 Å². The van der Waals surface area contributed by atoms with Gasteiger partial charge in [0.25, 0.3) is 0 Å². The zero-order valence-corrected chi connectivity index (χ0v) is 11.3. The predicted octanol–water partition coefficient (Wildman–Crippen LogP) is 1.27. The lowest BCUT2D eigenvalue weighted by Gasteiger charge is -2.37. The average Bonchev–Trinajstić information content (AvgIpc) is 2.39. The molecule has 1 aromatic heterocycles. The molecular weight excluding hydrogens is 254 g/mol. The van der Waals surface area contributed by atoms with Crippen molar-refractivity contribution >= 4 is 17.6 Å². The van der Waals surface area contributed by atoms with Gasteiger partial charge in [0.15, 0.2) is 0 Å². The Morgan fingerprint density at radius 3 is 2.72 bits per heavy atom. The van der Waals surface area contributed by atoms with Crippen molar-refractivity contribution in [2.45, 2.75) is 18.3 Å². The van der Waals surface area contributed by atoms with Gasteiger partial charge in [0.05, 0.1) is 12.8 Å². The van der Waals surface area contributed by atoms with E-state index < -0.39 is 5.41 Å². The third-order valence-electron chi connectivity index (χ3n) is 3.53. The van der Waals surface area contributed by atoms with Gasteiger partial charge in [0, 0.05) is 6.20 Å². The number of carbonyl (C=O) groups excluding carboxylic acids is 1. The van der Waals surface area contributed by atoms with E-state index in [9.17, 15) is 4.79 Å². The Hall–Kier alpha value is -1.20. The lowest BCUT2D eigenvalue weighted by Crippen LogP contribution is -2.47. The van der Waals surface area contributed by atoms with Crippen LogP contribution in [-0.4, -0.2) is 48.1 Å². The van der Waals surface area contributed by atoms with Crippen molar-refractivity contribution in [1.82, 2.24) is 14.9 Å². The second-order valence-electron chi connectivity index (χ2n) is 4.59. The van der Waals surface area contributed by atoms with Crippen molar-refractivity contribution in [2.24, 2.45) is 0 Å². The van der Waals surface area contributed by atoms with Crippen molar-refractivity contribution in [1.29, 1.82) is 0 Å². The van der Waals surface area contributed by atoms with E-state index in [1.54, 1.807) is 12.3 Å².